The standard InChI is InChI=1S/C12H15NO2/c1-3-13-10-7-5-4-6-9(10)8-11(13)12(14)15-2/h4-7,11H,3,8H2,1-2H3. The van der Waals surface area contributed by atoms with Gasteiger partial charge in [-0.3, -0.25) is 0 Å². The zero-order chi connectivity index (χ0) is 10.8. The van der Waals surface area contributed by atoms with Crippen molar-refractivity contribution >= 4 is 11.7 Å². The fourth-order valence-corrected chi connectivity index (χ4v) is 2.19. The summed E-state index contributed by atoms with van der Waals surface area (Å²) in [7, 11) is 1.44. The molecule has 0 radical (unpaired) electrons. The molecule has 0 saturated carbocycles. The van der Waals surface area contributed by atoms with Crippen LogP contribution < -0.4 is 4.90 Å². The summed E-state index contributed by atoms with van der Waals surface area (Å²) in [6.07, 6.45) is 0.761. The number of rotatable bonds is 2. The highest BCUT2D eigenvalue weighted by Crippen LogP contribution is 2.31. The van der Waals surface area contributed by atoms with Crippen LogP contribution in [0.2, 0.25) is 0 Å². The Morgan fingerprint density at radius 3 is 2.93 bits per heavy atom. The molecule has 0 aliphatic carbocycles. The maximum absolute atomic E-state index is 11.6. The summed E-state index contributed by atoms with van der Waals surface area (Å²) in [5.74, 6) is -0.145. The van der Waals surface area contributed by atoms with Gasteiger partial charge >= 0.3 is 5.97 Å². The number of benzene rings is 1. The first kappa shape index (κ1) is 10.0. The van der Waals surface area contributed by atoms with Crippen molar-refractivity contribution in [1.29, 1.82) is 0 Å². The fraction of sp³-hybridized carbons (Fsp3) is 0.417. The summed E-state index contributed by atoms with van der Waals surface area (Å²) in [5.41, 5.74) is 2.39. The van der Waals surface area contributed by atoms with E-state index in [1.165, 1.54) is 12.7 Å². The predicted molar refractivity (Wildman–Crippen MR) is 59.0 cm³/mol. The van der Waals surface area contributed by atoms with Gasteiger partial charge in [0.2, 0.25) is 0 Å². The molecule has 0 spiro atoms. The number of methoxy groups -OCH3 is 1. The molecule has 0 amide bonds. The lowest BCUT2D eigenvalue weighted by Crippen LogP contribution is -2.39. The minimum Gasteiger partial charge on any atom is -0.467 e. The Hall–Kier alpha value is -1.51. The van der Waals surface area contributed by atoms with Crippen molar-refractivity contribution in [2.24, 2.45) is 0 Å². The molecule has 0 saturated heterocycles. The normalized spacial score (nSPS) is 18.8. The summed E-state index contributed by atoms with van der Waals surface area (Å²) in [4.78, 5) is 13.7. The second kappa shape index (κ2) is 3.93. The molecule has 0 aromatic heterocycles. The van der Waals surface area contributed by atoms with E-state index >= 15 is 0 Å². The molecule has 1 atom stereocenters. The third kappa shape index (κ3) is 1.58. The van der Waals surface area contributed by atoms with Crippen LogP contribution in [0, 0.1) is 0 Å². The van der Waals surface area contributed by atoms with Gasteiger partial charge in [0.25, 0.3) is 0 Å². The van der Waals surface area contributed by atoms with E-state index in [2.05, 4.69) is 24.0 Å². The predicted octanol–water partition coefficient (Wildman–Crippen LogP) is 1.61. The number of hydrogen-bond acceptors (Lipinski definition) is 3. The Bertz CT molecular complexity index is 376. The Morgan fingerprint density at radius 1 is 1.53 bits per heavy atom. The van der Waals surface area contributed by atoms with E-state index in [0.717, 1.165) is 18.7 Å². The Kier molecular flexibility index (Phi) is 2.62. The monoisotopic (exact) mass is 205 g/mol. The van der Waals surface area contributed by atoms with E-state index in [-0.39, 0.29) is 12.0 Å². The molecule has 1 unspecified atom stereocenters. The van der Waals surface area contributed by atoms with Gasteiger partial charge in [0.15, 0.2) is 0 Å². The molecular formula is C12H15NO2. The minimum absolute atomic E-state index is 0.141. The number of likely N-dealkylation sites (N-methyl/N-ethyl adjacent to an activating group) is 1. The summed E-state index contributed by atoms with van der Waals surface area (Å²) >= 11 is 0. The summed E-state index contributed by atoms with van der Waals surface area (Å²) < 4.78 is 4.82. The molecular weight excluding hydrogens is 190 g/mol. The van der Waals surface area contributed by atoms with Crippen LogP contribution in [-0.2, 0) is 16.0 Å². The third-order valence-electron chi connectivity index (χ3n) is 2.90. The van der Waals surface area contributed by atoms with E-state index in [9.17, 15) is 4.79 Å². The van der Waals surface area contributed by atoms with Gasteiger partial charge in [-0.25, -0.2) is 4.79 Å². The van der Waals surface area contributed by atoms with Crippen LogP contribution >= 0.6 is 0 Å². The van der Waals surface area contributed by atoms with Crippen molar-refractivity contribution < 1.29 is 9.53 Å². The zero-order valence-corrected chi connectivity index (χ0v) is 9.06. The smallest absolute Gasteiger partial charge is 0.328 e. The highest BCUT2D eigenvalue weighted by atomic mass is 16.5. The van der Waals surface area contributed by atoms with Crippen LogP contribution in [0.25, 0.3) is 0 Å². The van der Waals surface area contributed by atoms with Crippen LogP contribution in [-0.4, -0.2) is 25.7 Å². The molecule has 0 bridgehead atoms. The lowest BCUT2D eigenvalue weighted by Gasteiger charge is -2.23. The molecule has 3 heteroatoms. The number of anilines is 1. The van der Waals surface area contributed by atoms with Gasteiger partial charge in [-0.1, -0.05) is 18.2 Å². The van der Waals surface area contributed by atoms with Gasteiger partial charge in [0.05, 0.1) is 7.11 Å². The van der Waals surface area contributed by atoms with Crippen LogP contribution in [0.3, 0.4) is 0 Å². The molecule has 1 aromatic rings. The van der Waals surface area contributed by atoms with Crippen molar-refractivity contribution in [3.63, 3.8) is 0 Å². The average Bonchev–Trinajstić information content (AvgIpc) is 2.66. The number of nitrogens with zero attached hydrogens (tertiary/aromatic N) is 1. The highest BCUT2D eigenvalue weighted by molar-refractivity contribution is 5.83. The molecule has 2 rings (SSSR count). The van der Waals surface area contributed by atoms with Crippen LogP contribution in [0.5, 0.6) is 0 Å². The van der Waals surface area contributed by atoms with Crippen molar-refractivity contribution in [2.45, 2.75) is 19.4 Å². The second-order valence-electron chi connectivity index (χ2n) is 3.66. The quantitative estimate of drug-likeness (QED) is 0.687. The molecule has 1 heterocycles. The largest absolute Gasteiger partial charge is 0.467 e. The van der Waals surface area contributed by atoms with Crippen molar-refractivity contribution in [1.82, 2.24) is 0 Å². The van der Waals surface area contributed by atoms with Crippen molar-refractivity contribution in [3.05, 3.63) is 29.8 Å². The van der Waals surface area contributed by atoms with Crippen molar-refractivity contribution in [3.8, 4) is 0 Å². The molecule has 1 aliphatic rings. The summed E-state index contributed by atoms with van der Waals surface area (Å²) in [6.45, 7) is 2.88. The zero-order valence-electron chi connectivity index (χ0n) is 9.06. The van der Waals surface area contributed by atoms with Gasteiger partial charge in [0.1, 0.15) is 6.04 Å². The number of para-hydroxylation sites is 1. The van der Waals surface area contributed by atoms with Gasteiger partial charge < -0.3 is 9.64 Å². The fourth-order valence-electron chi connectivity index (χ4n) is 2.19. The number of esters is 1. The minimum atomic E-state index is -0.145. The van der Waals surface area contributed by atoms with Crippen LogP contribution in [0.15, 0.2) is 24.3 Å². The number of carbonyl (C=O) groups is 1. The molecule has 1 aromatic carbocycles. The molecule has 0 fully saturated rings. The van der Waals surface area contributed by atoms with Crippen LogP contribution in [0.4, 0.5) is 5.69 Å². The van der Waals surface area contributed by atoms with Gasteiger partial charge in [0, 0.05) is 18.7 Å². The number of carbonyl (C=O) groups excluding carboxylic acids is 1. The Balaban J connectivity index is 2.32. The van der Waals surface area contributed by atoms with E-state index in [0.29, 0.717) is 0 Å². The second-order valence-corrected chi connectivity index (χ2v) is 3.66. The third-order valence-corrected chi connectivity index (χ3v) is 2.90. The van der Waals surface area contributed by atoms with E-state index < -0.39 is 0 Å². The first-order valence-corrected chi connectivity index (χ1v) is 5.20. The van der Waals surface area contributed by atoms with Crippen molar-refractivity contribution in [2.75, 3.05) is 18.6 Å². The number of hydrogen-bond donors (Lipinski definition) is 0. The van der Waals surface area contributed by atoms with Gasteiger partial charge in [-0.05, 0) is 18.6 Å². The maximum Gasteiger partial charge on any atom is 0.328 e. The highest BCUT2D eigenvalue weighted by Gasteiger charge is 2.33. The molecule has 80 valence electrons. The Morgan fingerprint density at radius 2 is 2.27 bits per heavy atom. The molecule has 3 nitrogen and oxygen atoms in total. The first-order chi connectivity index (χ1) is 7.27. The van der Waals surface area contributed by atoms with E-state index in [1.807, 2.05) is 12.1 Å². The Labute approximate surface area is 89.7 Å². The van der Waals surface area contributed by atoms with Crippen LogP contribution in [0.1, 0.15) is 12.5 Å². The van der Waals surface area contributed by atoms with E-state index in [1.54, 1.807) is 0 Å². The summed E-state index contributed by atoms with van der Waals surface area (Å²) in [6, 6.07) is 7.99. The first-order valence-electron chi connectivity index (χ1n) is 5.20. The lowest BCUT2D eigenvalue weighted by atomic mass is 10.1. The number of fused-ring (bicyclic) bond motifs is 1. The average molecular weight is 205 g/mol. The number of ether oxygens (including phenoxy) is 1. The van der Waals surface area contributed by atoms with Gasteiger partial charge in [-0.2, -0.15) is 0 Å². The molecule has 1 aliphatic heterocycles. The lowest BCUT2D eigenvalue weighted by molar-refractivity contribution is -0.142. The molecule has 15 heavy (non-hydrogen) atoms. The maximum atomic E-state index is 11.6. The topological polar surface area (TPSA) is 29.5 Å². The van der Waals surface area contributed by atoms with Gasteiger partial charge in [-0.15, -0.1) is 0 Å². The SMILES string of the molecule is CCN1c2ccccc2CC1C(=O)OC. The molecule has 0 N–H and O–H groups in total. The summed E-state index contributed by atoms with van der Waals surface area (Å²) in [5, 5.41) is 0. The van der Waals surface area contributed by atoms with E-state index in [4.69, 9.17) is 4.74 Å².